The number of hydrogen-bond donors (Lipinski definition) is 2. The van der Waals surface area contributed by atoms with Gasteiger partial charge >= 0.3 is 0 Å². The van der Waals surface area contributed by atoms with Crippen LogP contribution in [0.1, 0.15) is 25.8 Å². The molecule has 0 radical (unpaired) electrons. The summed E-state index contributed by atoms with van der Waals surface area (Å²) in [6.45, 7) is 8.54. The molecular weight excluding hydrogens is 244 g/mol. The molecule has 0 spiro atoms. The summed E-state index contributed by atoms with van der Waals surface area (Å²) in [6.07, 6.45) is 2.89. The van der Waals surface area contributed by atoms with Crippen molar-refractivity contribution in [2.45, 2.75) is 20.3 Å². The molecule has 0 atom stereocenters. The average molecular weight is 266 g/mol. The Bertz CT molecular complexity index is 364. The molecule has 0 amide bonds. The molecule has 0 aromatic carbocycles. The zero-order chi connectivity index (χ0) is 13.4. The van der Waals surface area contributed by atoms with Crippen molar-refractivity contribution in [2.24, 2.45) is 5.73 Å². The van der Waals surface area contributed by atoms with Crippen LogP contribution < -0.4 is 11.1 Å². The summed E-state index contributed by atoms with van der Waals surface area (Å²) in [4.78, 5) is 7.07. The van der Waals surface area contributed by atoms with Gasteiger partial charge in [0.05, 0.1) is 0 Å². The smallest absolute Gasteiger partial charge is 0.125 e. The van der Waals surface area contributed by atoms with Gasteiger partial charge in [-0.05, 0) is 31.6 Å². The number of rotatable bonds is 8. The molecule has 5 heteroatoms. The van der Waals surface area contributed by atoms with Crippen molar-refractivity contribution < 1.29 is 0 Å². The summed E-state index contributed by atoms with van der Waals surface area (Å²) in [5, 5.41) is 3.30. The Morgan fingerprint density at radius 3 is 2.67 bits per heavy atom. The van der Waals surface area contributed by atoms with E-state index in [1.165, 1.54) is 6.42 Å². The van der Waals surface area contributed by atoms with E-state index in [0.29, 0.717) is 4.99 Å². The lowest BCUT2D eigenvalue weighted by atomic mass is 10.3. The molecule has 100 valence electrons. The Balaban J connectivity index is 2.37. The molecule has 0 aliphatic heterocycles. The topological polar surface area (TPSA) is 54.2 Å². The normalized spacial score (nSPS) is 10.6. The summed E-state index contributed by atoms with van der Waals surface area (Å²) in [5.41, 5.74) is 6.32. The molecule has 1 aromatic heterocycles. The van der Waals surface area contributed by atoms with E-state index in [0.717, 1.165) is 37.6 Å². The van der Waals surface area contributed by atoms with E-state index in [2.05, 4.69) is 29.0 Å². The molecular formula is C13H22N4S. The van der Waals surface area contributed by atoms with E-state index in [1.807, 2.05) is 12.1 Å². The SMILES string of the molecule is CCCN(CC)CCNc1ccc(C(N)=S)cn1. The second-order valence-electron chi connectivity index (χ2n) is 4.16. The number of anilines is 1. The zero-order valence-electron chi connectivity index (χ0n) is 11.1. The number of nitrogens with zero attached hydrogens (tertiary/aromatic N) is 2. The van der Waals surface area contributed by atoms with Gasteiger partial charge in [-0.2, -0.15) is 0 Å². The van der Waals surface area contributed by atoms with Gasteiger partial charge in [0.15, 0.2) is 0 Å². The lowest BCUT2D eigenvalue weighted by Gasteiger charge is -2.19. The number of thiocarbonyl (C=S) groups is 1. The predicted molar refractivity (Wildman–Crippen MR) is 81.0 cm³/mol. The fourth-order valence-electron chi connectivity index (χ4n) is 1.73. The number of nitrogens with one attached hydrogen (secondary N) is 1. The molecule has 0 fully saturated rings. The van der Waals surface area contributed by atoms with Crippen LogP contribution in [0.25, 0.3) is 0 Å². The number of likely N-dealkylation sites (N-methyl/N-ethyl adjacent to an activating group) is 1. The lowest BCUT2D eigenvalue weighted by molar-refractivity contribution is 0.300. The molecule has 0 aliphatic rings. The maximum Gasteiger partial charge on any atom is 0.125 e. The van der Waals surface area contributed by atoms with Gasteiger partial charge in [-0.25, -0.2) is 4.98 Å². The molecule has 0 saturated heterocycles. The van der Waals surface area contributed by atoms with Crippen molar-refractivity contribution in [3.05, 3.63) is 23.9 Å². The van der Waals surface area contributed by atoms with Crippen LogP contribution in [0.5, 0.6) is 0 Å². The summed E-state index contributed by atoms with van der Waals surface area (Å²) in [5.74, 6) is 0.863. The minimum Gasteiger partial charge on any atom is -0.389 e. The van der Waals surface area contributed by atoms with Crippen molar-refractivity contribution in [1.29, 1.82) is 0 Å². The van der Waals surface area contributed by atoms with Crippen LogP contribution in [0.15, 0.2) is 18.3 Å². The first-order valence-electron chi connectivity index (χ1n) is 6.39. The van der Waals surface area contributed by atoms with Gasteiger partial charge < -0.3 is 16.0 Å². The van der Waals surface area contributed by atoms with E-state index >= 15 is 0 Å². The Kier molecular flexibility index (Phi) is 6.60. The van der Waals surface area contributed by atoms with Gasteiger partial charge in [0, 0.05) is 24.8 Å². The molecule has 1 rings (SSSR count). The molecule has 1 heterocycles. The Labute approximate surface area is 115 Å². The minimum atomic E-state index is 0.383. The molecule has 0 bridgehead atoms. The highest BCUT2D eigenvalue weighted by Gasteiger charge is 2.01. The van der Waals surface area contributed by atoms with E-state index in [9.17, 15) is 0 Å². The first-order chi connectivity index (χ1) is 8.67. The van der Waals surface area contributed by atoms with Crippen LogP contribution in [0.3, 0.4) is 0 Å². The molecule has 4 nitrogen and oxygen atoms in total. The van der Waals surface area contributed by atoms with Crippen molar-refractivity contribution in [3.63, 3.8) is 0 Å². The first kappa shape index (κ1) is 14.9. The largest absolute Gasteiger partial charge is 0.389 e. The molecule has 0 unspecified atom stereocenters. The van der Waals surface area contributed by atoms with Gasteiger partial charge in [-0.1, -0.05) is 26.1 Å². The zero-order valence-corrected chi connectivity index (χ0v) is 12.0. The van der Waals surface area contributed by atoms with Crippen LogP contribution in [-0.4, -0.2) is 41.1 Å². The third-order valence-corrected chi connectivity index (χ3v) is 3.00. The number of aromatic nitrogens is 1. The summed E-state index contributed by atoms with van der Waals surface area (Å²) in [7, 11) is 0. The average Bonchev–Trinajstić information content (AvgIpc) is 2.38. The van der Waals surface area contributed by atoms with E-state index in [1.54, 1.807) is 6.20 Å². The van der Waals surface area contributed by atoms with Crippen molar-refractivity contribution in [2.75, 3.05) is 31.5 Å². The van der Waals surface area contributed by atoms with E-state index in [4.69, 9.17) is 18.0 Å². The Morgan fingerprint density at radius 1 is 1.39 bits per heavy atom. The summed E-state index contributed by atoms with van der Waals surface area (Å²) >= 11 is 4.88. The highest BCUT2D eigenvalue weighted by Crippen LogP contribution is 2.04. The molecule has 18 heavy (non-hydrogen) atoms. The summed E-state index contributed by atoms with van der Waals surface area (Å²) in [6, 6.07) is 3.80. The number of pyridine rings is 1. The Morgan fingerprint density at radius 2 is 2.17 bits per heavy atom. The van der Waals surface area contributed by atoms with Crippen LogP contribution in [0.4, 0.5) is 5.82 Å². The fraction of sp³-hybridized carbons (Fsp3) is 0.538. The predicted octanol–water partition coefficient (Wildman–Crippen LogP) is 1.86. The van der Waals surface area contributed by atoms with Gasteiger partial charge in [-0.3, -0.25) is 0 Å². The van der Waals surface area contributed by atoms with Crippen LogP contribution in [0, 0.1) is 0 Å². The Hall–Kier alpha value is -1.20. The molecule has 0 aliphatic carbocycles. The number of nitrogens with two attached hydrogens (primary N) is 1. The van der Waals surface area contributed by atoms with Crippen LogP contribution in [-0.2, 0) is 0 Å². The van der Waals surface area contributed by atoms with Gasteiger partial charge in [-0.15, -0.1) is 0 Å². The van der Waals surface area contributed by atoms with Crippen molar-refractivity contribution in [1.82, 2.24) is 9.88 Å². The van der Waals surface area contributed by atoms with Crippen LogP contribution in [0.2, 0.25) is 0 Å². The molecule has 1 aromatic rings. The second-order valence-corrected chi connectivity index (χ2v) is 4.60. The highest BCUT2D eigenvalue weighted by atomic mass is 32.1. The fourth-order valence-corrected chi connectivity index (χ4v) is 1.85. The number of hydrogen-bond acceptors (Lipinski definition) is 4. The molecule has 0 saturated carbocycles. The van der Waals surface area contributed by atoms with Gasteiger partial charge in [0.2, 0.25) is 0 Å². The van der Waals surface area contributed by atoms with Gasteiger partial charge in [0.25, 0.3) is 0 Å². The second kappa shape index (κ2) is 8.00. The van der Waals surface area contributed by atoms with E-state index in [-0.39, 0.29) is 0 Å². The minimum absolute atomic E-state index is 0.383. The van der Waals surface area contributed by atoms with E-state index < -0.39 is 0 Å². The van der Waals surface area contributed by atoms with Crippen LogP contribution >= 0.6 is 12.2 Å². The summed E-state index contributed by atoms with van der Waals surface area (Å²) < 4.78 is 0. The van der Waals surface area contributed by atoms with Gasteiger partial charge in [0.1, 0.15) is 10.8 Å². The monoisotopic (exact) mass is 266 g/mol. The standard InChI is InChI=1S/C13H22N4S/c1-3-8-17(4-2)9-7-15-12-6-5-11(10-16-12)13(14)18/h5-6,10H,3-4,7-9H2,1-2H3,(H2,14,18)(H,15,16). The highest BCUT2D eigenvalue weighted by molar-refractivity contribution is 7.80. The quantitative estimate of drug-likeness (QED) is 0.703. The first-order valence-corrected chi connectivity index (χ1v) is 6.80. The third-order valence-electron chi connectivity index (χ3n) is 2.77. The lowest BCUT2D eigenvalue weighted by Crippen LogP contribution is -2.29. The third kappa shape index (κ3) is 4.98. The maximum atomic E-state index is 5.52. The maximum absolute atomic E-state index is 5.52. The van der Waals surface area contributed by atoms with Crippen molar-refractivity contribution >= 4 is 23.0 Å². The molecule has 3 N–H and O–H groups in total. The van der Waals surface area contributed by atoms with Crippen molar-refractivity contribution in [3.8, 4) is 0 Å².